The van der Waals surface area contributed by atoms with Gasteiger partial charge < -0.3 is 13.9 Å². The molecule has 0 aromatic heterocycles. The molecule has 0 unspecified atom stereocenters. The van der Waals surface area contributed by atoms with E-state index in [9.17, 15) is 0 Å². The number of benzene rings is 1. The van der Waals surface area contributed by atoms with Gasteiger partial charge in [0.1, 0.15) is 5.75 Å². The van der Waals surface area contributed by atoms with E-state index in [1.54, 1.807) is 7.11 Å². The number of methoxy groups -OCH3 is 1. The topological polar surface area (TPSA) is 27.7 Å². The molecule has 0 saturated heterocycles. The first-order chi connectivity index (χ1) is 7.72. The second-order valence-corrected chi connectivity index (χ2v) is 6.98. The van der Waals surface area contributed by atoms with Crippen molar-refractivity contribution < 1.29 is 13.9 Å². The monoisotopic (exact) mass is 280 g/mol. The molecule has 1 aromatic carbocycles. The maximum atomic E-state index is 5.58. The van der Waals surface area contributed by atoms with Gasteiger partial charge in [-0.3, -0.25) is 0 Å². The summed E-state index contributed by atoms with van der Waals surface area (Å²) in [6, 6.07) is 7.75. The van der Waals surface area contributed by atoms with Gasteiger partial charge in [0.05, 0.1) is 0 Å². The molecule has 0 atom stereocenters. The zero-order valence-corrected chi connectivity index (χ0v) is 11.7. The quantitative estimate of drug-likeness (QED) is 0.436. The predicted octanol–water partition coefficient (Wildman–Crippen LogP) is 2.42. The highest BCUT2D eigenvalue weighted by Gasteiger charge is 2.02. The number of hydrogen-bond acceptors (Lipinski definition) is 3. The molecule has 0 bridgehead atoms. The summed E-state index contributed by atoms with van der Waals surface area (Å²) in [5.74, 6) is 0.782. The summed E-state index contributed by atoms with van der Waals surface area (Å²) in [4.78, 5) is 0. The van der Waals surface area contributed by atoms with Crippen molar-refractivity contribution in [3.63, 3.8) is 0 Å². The van der Waals surface area contributed by atoms with Gasteiger partial charge in [-0.2, -0.15) is 0 Å². The highest BCUT2D eigenvalue weighted by Crippen LogP contribution is 2.14. The highest BCUT2D eigenvalue weighted by atomic mass is 35.7. The van der Waals surface area contributed by atoms with Gasteiger partial charge in [0, 0.05) is 13.7 Å². The molecule has 0 aliphatic rings. The minimum Gasteiger partial charge on any atom is -0.468 e. The van der Waals surface area contributed by atoms with Crippen molar-refractivity contribution in [3.05, 3.63) is 29.8 Å². The Morgan fingerprint density at radius 1 is 1.31 bits per heavy atom. The molecule has 0 radical (unpaired) electrons. The molecule has 0 spiro atoms. The van der Waals surface area contributed by atoms with Crippen LogP contribution in [0.15, 0.2) is 24.3 Å². The lowest BCUT2D eigenvalue weighted by Gasteiger charge is -2.07. The van der Waals surface area contributed by atoms with Crippen LogP contribution in [-0.2, 0) is 15.6 Å². The molecule has 16 heavy (non-hydrogen) atoms. The Balaban J connectivity index is 2.40. The van der Waals surface area contributed by atoms with Crippen LogP contribution < -0.4 is 4.74 Å². The first-order valence-corrected chi connectivity index (χ1v) is 8.79. The Morgan fingerprint density at radius 3 is 2.81 bits per heavy atom. The predicted molar refractivity (Wildman–Crippen MR) is 67.5 cm³/mol. The summed E-state index contributed by atoms with van der Waals surface area (Å²) < 4.78 is 15.3. The van der Waals surface area contributed by atoms with Crippen LogP contribution in [0.5, 0.6) is 5.75 Å². The van der Waals surface area contributed by atoms with E-state index in [0.29, 0.717) is 6.61 Å². The lowest BCUT2D eigenvalue weighted by Crippen LogP contribution is -2.06. The van der Waals surface area contributed by atoms with E-state index in [0.717, 1.165) is 17.7 Å². The molecule has 0 amide bonds. The molecule has 0 N–H and O–H groups in total. The van der Waals surface area contributed by atoms with Gasteiger partial charge in [0.25, 0.3) is 0 Å². The normalized spacial score (nSPS) is 10.8. The fraction of sp³-hybridized carbons (Fsp3) is 0.400. The summed E-state index contributed by atoms with van der Waals surface area (Å²) in [5, 5.41) is 0. The van der Waals surface area contributed by atoms with Gasteiger partial charge >= 0.3 is 7.66 Å². The number of ether oxygens (including phenoxy) is 2. The van der Waals surface area contributed by atoms with E-state index < -0.39 is 7.66 Å². The van der Waals surface area contributed by atoms with Crippen molar-refractivity contribution in [3.8, 4) is 5.75 Å². The third-order valence-electron chi connectivity index (χ3n) is 1.88. The summed E-state index contributed by atoms with van der Waals surface area (Å²) in [5.41, 5.74) is 1.12. The van der Waals surface area contributed by atoms with Crippen LogP contribution in [0.25, 0.3) is 0 Å². The van der Waals surface area contributed by atoms with Crippen molar-refractivity contribution in [1.82, 2.24) is 0 Å². The summed E-state index contributed by atoms with van der Waals surface area (Å²) in [7, 11) is -0.363. The van der Waals surface area contributed by atoms with Crippen LogP contribution in [-0.4, -0.2) is 28.2 Å². The molecule has 3 nitrogen and oxygen atoms in total. The second-order valence-electron chi connectivity index (χ2n) is 3.08. The summed E-state index contributed by atoms with van der Waals surface area (Å²) in [6.07, 6.45) is 0.771. The lowest BCUT2D eigenvalue weighted by atomic mass is 10.1. The van der Waals surface area contributed by atoms with Crippen LogP contribution in [0.4, 0.5) is 0 Å². The third-order valence-corrected chi connectivity index (χ3v) is 3.12. The second kappa shape index (κ2) is 7.92. The van der Waals surface area contributed by atoms with Gasteiger partial charge in [0.2, 0.25) is 0 Å². The van der Waals surface area contributed by atoms with Crippen LogP contribution in [0.3, 0.4) is 0 Å². The van der Waals surface area contributed by atoms with Crippen LogP contribution >= 0.6 is 22.2 Å². The zero-order valence-electron chi connectivity index (χ0n) is 8.99. The van der Waals surface area contributed by atoms with Gasteiger partial charge in [0.15, 0.2) is 6.79 Å². The molecule has 1 rings (SSSR count). The molecule has 90 valence electrons. The smallest absolute Gasteiger partial charge is 0.373 e. The van der Waals surface area contributed by atoms with Crippen molar-refractivity contribution in [2.24, 2.45) is 0 Å². The SMILES string of the molecule is COCOc1cccc(CCO[SiH](Cl)Cl)c1. The fourth-order valence-electron chi connectivity index (χ4n) is 1.18. The largest absolute Gasteiger partial charge is 0.468 e. The fourth-order valence-corrected chi connectivity index (χ4v) is 2.01. The van der Waals surface area contributed by atoms with Crippen molar-refractivity contribution in [2.45, 2.75) is 6.42 Å². The third kappa shape index (κ3) is 5.72. The Labute approximate surface area is 106 Å². The standard InChI is InChI=1S/C10H14Cl2O3Si/c1-13-8-14-10-4-2-3-9(7-10)5-6-15-16(11)12/h2-4,7,16H,5-6,8H2,1H3. The van der Waals surface area contributed by atoms with E-state index in [4.69, 9.17) is 36.1 Å². The van der Waals surface area contributed by atoms with Crippen LogP contribution in [0, 0.1) is 0 Å². The van der Waals surface area contributed by atoms with E-state index in [1.807, 2.05) is 24.3 Å². The van der Waals surface area contributed by atoms with Crippen LogP contribution in [0.2, 0.25) is 0 Å². The maximum Gasteiger partial charge on any atom is 0.373 e. The molecule has 0 fully saturated rings. The average molecular weight is 281 g/mol. The van der Waals surface area contributed by atoms with Crippen molar-refractivity contribution in [2.75, 3.05) is 20.5 Å². The number of halogens is 2. The molecule has 0 aliphatic heterocycles. The van der Waals surface area contributed by atoms with E-state index in [1.165, 1.54) is 0 Å². The first kappa shape index (κ1) is 13.8. The molecule has 0 heterocycles. The minimum absolute atomic E-state index is 0.248. The summed E-state index contributed by atoms with van der Waals surface area (Å²) in [6.45, 7) is 0.788. The Morgan fingerprint density at radius 2 is 2.12 bits per heavy atom. The van der Waals surface area contributed by atoms with Gasteiger partial charge in [-0.1, -0.05) is 12.1 Å². The molecule has 1 aromatic rings. The molecule has 0 aliphatic carbocycles. The summed E-state index contributed by atoms with van der Waals surface area (Å²) >= 11 is 11.2. The molecule has 6 heteroatoms. The minimum atomic E-state index is -1.95. The zero-order chi connectivity index (χ0) is 11.8. The van der Waals surface area contributed by atoms with E-state index in [-0.39, 0.29) is 6.79 Å². The van der Waals surface area contributed by atoms with Gasteiger partial charge in [-0.05, 0) is 24.1 Å². The Bertz CT molecular complexity index is 310. The number of hydrogen-bond donors (Lipinski definition) is 0. The Hall–Kier alpha value is -0.263. The van der Waals surface area contributed by atoms with E-state index in [2.05, 4.69) is 0 Å². The maximum absolute atomic E-state index is 5.58. The van der Waals surface area contributed by atoms with Crippen molar-refractivity contribution >= 4 is 29.8 Å². The molecular formula is C10H14Cl2O3Si. The molecule has 0 saturated carbocycles. The highest BCUT2D eigenvalue weighted by molar-refractivity contribution is 7.30. The lowest BCUT2D eigenvalue weighted by molar-refractivity contribution is 0.0511. The van der Waals surface area contributed by atoms with Gasteiger partial charge in [-0.25, -0.2) is 0 Å². The van der Waals surface area contributed by atoms with Crippen LogP contribution in [0.1, 0.15) is 5.56 Å². The van der Waals surface area contributed by atoms with Crippen molar-refractivity contribution in [1.29, 1.82) is 0 Å². The van der Waals surface area contributed by atoms with Gasteiger partial charge in [-0.15, -0.1) is 22.2 Å². The average Bonchev–Trinajstić information content (AvgIpc) is 2.26. The number of rotatable bonds is 7. The first-order valence-electron chi connectivity index (χ1n) is 4.83. The van der Waals surface area contributed by atoms with E-state index >= 15 is 0 Å². The molecular weight excluding hydrogens is 267 g/mol. The Kier molecular flexibility index (Phi) is 6.83.